The molecule has 0 atom stereocenters. The summed E-state index contributed by atoms with van der Waals surface area (Å²) in [6.45, 7) is 4.17. The molecule has 19 heavy (non-hydrogen) atoms. The zero-order valence-electron chi connectivity index (χ0n) is 10.7. The maximum atomic E-state index is 10.6. The fourth-order valence-electron chi connectivity index (χ4n) is 1.62. The van der Waals surface area contributed by atoms with Crippen LogP contribution >= 0.6 is 11.8 Å². The highest BCUT2D eigenvalue weighted by atomic mass is 32.2. The largest absolute Gasteiger partial charge is 0.481 e. The second kappa shape index (κ2) is 5.87. The zero-order valence-corrected chi connectivity index (χ0v) is 11.5. The van der Waals surface area contributed by atoms with E-state index in [-0.39, 0.29) is 5.75 Å². The minimum atomic E-state index is -0.869. The van der Waals surface area contributed by atoms with Crippen LogP contribution in [0.25, 0.3) is 0 Å². The number of hydrogen-bond acceptors (Lipinski definition) is 6. The summed E-state index contributed by atoms with van der Waals surface area (Å²) in [6.07, 6.45) is 2.54. The van der Waals surface area contributed by atoms with Crippen LogP contribution in [0.1, 0.15) is 24.3 Å². The lowest BCUT2D eigenvalue weighted by molar-refractivity contribution is -0.133. The Kier molecular flexibility index (Phi) is 4.20. The number of carbonyl (C=O) groups is 1. The van der Waals surface area contributed by atoms with Gasteiger partial charge in [0.15, 0.2) is 11.0 Å². The van der Waals surface area contributed by atoms with E-state index in [9.17, 15) is 4.79 Å². The van der Waals surface area contributed by atoms with Crippen molar-refractivity contribution in [2.75, 3.05) is 5.75 Å². The predicted molar refractivity (Wildman–Crippen MR) is 68.1 cm³/mol. The molecule has 0 saturated heterocycles. The number of aliphatic carboxylic acids is 1. The minimum absolute atomic E-state index is 0.0248. The Morgan fingerprint density at radius 2 is 2.37 bits per heavy atom. The van der Waals surface area contributed by atoms with Gasteiger partial charge in [-0.05, 0) is 13.3 Å². The van der Waals surface area contributed by atoms with Gasteiger partial charge >= 0.3 is 5.97 Å². The molecule has 0 saturated carbocycles. The summed E-state index contributed by atoms with van der Waals surface area (Å²) in [4.78, 5) is 19.0. The summed E-state index contributed by atoms with van der Waals surface area (Å²) < 4.78 is 6.99. The number of nitrogens with zero attached hydrogens (tertiary/aromatic N) is 4. The van der Waals surface area contributed by atoms with Crippen LogP contribution < -0.4 is 0 Å². The number of hydrogen-bond donors (Lipinski definition) is 1. The van der Waals surface area contributed by atoms with Crippen LogP contribution in [-0.4, -0.2) is 36.5 Å². The maximum absolute atomic E-state index is 10.6. The van der Waals surface area contributed by atoms with Gasteiger partial charge < -0.3 is 14.2 Å². The summed E-state index contributed by atoms with van der Waals surface area (Å²) in [5, 5.41) is 13.1. The van der Waals surface area contributed by atoms with E-state index in [1.54, 1.807) is 13.1 Å². The van der Waals surface area contributed by atoms with Crippen molar-refractivity contribution < 1.29 is 14.4 Å². The van der Waals surface area contributed by atoms with Crippen molar-refractivity contribution >= 4 is 17.7 Å². The topological polar surface area (TPSA) is 94.0 Å². The van der Waals surface area contributed by atoms with Gasteiger partial charge in [0.25, 0.3) is 0 Å². The third-order valence-corrected chi connectivity index (χ3v) is 3.43. The van der Waals surface area contributed by atoms with Gasteiger partial charge in [-0.2, -0.15) is 4.98 Å². The van der Waals surface area contributed by atoms with Crippen LogP contribution in [0.2, 0.25) is 0 Å². The molecule has 102 valence electrons. The van der Waals surface area contributed by atoms with E-state index in [0.29, 0.717) is 23.4 Å². The third-order valence-electron chi connectivity index (χ3n) is 2.45. The number of rotatable bonds is 6. The molecular formula is C11H14N4O3S. The lowest BCUT2D eigenvalue weighted by atomic mass is 10.3. The number of imidazole rings is 1. The molecule has 1 N–H and O–H groups in total. The van der Waals surface area contributed by atoms with Gasteiger partial charge in [-0.15, -0.1) is 0 Å². The minimum Gasteiger partial charge on any atom is -0.481 e. The Balaban J connectivity index is 2.20. The standard InChI is InChI=1S/C11H14N4O3S/c1-3-8-4-12-11(19-6-10(16)17)15(8)5-9-13-7(2)14-18-9/h4H,3,5-6H2,1-2H3,(H,16,17). The molecule has 0 fully saturated rings. The van der Waals surface area contributed by atoms with Crippen molar-refractivity contribution in [2.45, 2.75) is 32.0 Å². The molecule has 0 aliphatic carbocycles. The summed E-state index contributed by atoms with van der Waals surface area (Å²) in [7, 11) is 0. The zero-order chi connectivity index (χ0) is 13.8. The molecule has 0 aromatic carbocycles. The Morgan fingerprint density at radius 1 is 1.58 bits per heavy atom. The molecule has 0 radical (unpaired) electrons. The van der Waals surface area contributed by atoms with Gasteiger partial charge in [-0.3, -0.25) is 4.79 Å². The first-order chi connectivity index (χ1) is 9.10. The maximum Gasteiger partial charge on any atom is 0.313 e. The summed E-state index contributed by atoms with van der Waals surface area (Å²) in [6, 6.07) is 0. The molecule has 0 bridgehead atoms. The first kappa shape index (κ1) is 13.6. The Morgan fingerprint density at radius 3 is 2.95 bits per heavy atom. The van der Waals surface area contributed by atoms with E-state index in [1.165, 1.54) is 11.8 Å². The highest BCUT2D eigenvalue weighted by Crippen LogP contribution is 2.20. The fraction of sp³-hybridized carbons (Fsp3) is 0.455. The molecule has 2 aromatic rings. The van der Waals surface area contributed by atoms with E-state index >= 15 is 0 Å². The molecule has 8 heteroatoms. The highest BCUT2D eigenvalue weighted by Gasteiger charge is 2.14. The van der Waals surface area contributed by atoms with Gasteiger partial charge in [0, 0.05) is 11.9 Å². The van der Waals surface area contributed by atoms with Crippen LogP contribution in [-0.2, 0) is 17.8 Å². The monoisotopic (exact) mass is 282 g/mol. The van der Waals surface area contributed by atoms with E-state index in [1.807, 2.05) is 11.5 Å². The molecule has 2 rings (SSSR count). The van der Waals surface area contributed by atoms with Crippen molar-refractivity contribution in [3.8, 4) is 0 Å². The van der Waals surface area contributed by atoms with Gasteiger partial charge in [-0.1, -0.05) is 23.8 Å². The Bertz CT molecular complexity index is 578. The average molecular weight is 282 g/mol. The van der Waals surface area contributed by atoms with Crippen LogP contribution in [0.4, 0.5) is 0 Å². The third kappa shape index (κ3) is 3.34. The lowest BCUT2D eigenvalue weighted by Gasteiger charge is -2.07. The van der Waals surface area contributed by atoms with E-state index < -0.39 is 5.97 Å². The molecule has 2 heterocycles. The van der Waals surface area contributed by atoms with Crippen molar-refractivity contribution in [3.63, 3.8) is 0 Å². The van der Waals surface area contributed by atoms with Gasteiger partial charge in [0.05, 0.1) is 5.75 Å². The number of aromatic nitrogens is 4. The number of carboxylic acid groups (broad SMARTS) is 1. The van der Waals surface area contributed by atoms with Crippen LogP contribution in [0.5, 0.6) is 0 Å². The van der Waals surface area contributed by atoms with Crippen LogP contribution in [0.15, 0.2) is 15.9 Å². The van der Waals surface area contributed by atoms with Crippen molar-refractivity contribution in [3.05, 3.63) is 23.6 Å². The van der Waals surface area contributed by atoms with E-state index in [2.05, 4.69) is 15.1 Å². The quantitative estimate of drug-likeness (QED) is 0.799. The molecule has 0 aliphatic rings. The van der Waals surface area contributed by atoms with Crippen LogP contribution in [0, 0.1) is 6.92 Å². The molecule has 2 aromatic heterocycles. The summed E-state index contributed by atoms with van der Waals surface area (Å²) >= 11 is 1.18. The van der Waals surface area contributed by atoms with Gasteiger partial charge in [0.2, 0.25) is 5.89 Å². The van der Waals surface area contributed by atoms with E-state index in [4.69, 9.17) is 9.63 Å². The first-order valence-electron chi connectivity index (χ1n) is 5.78. The highest BCUT2D eigenvalue weighted by molar-refractivity contribution is 7.99. The number of aryl methyl sites for hydroxylation is 2. The normalized spacial score (nSPS) is 10.8. The van der Waals surface area contributed by atoms with Crippen LogP contribution in [0.3, 0.4) is 0 Å². The fourth-order valence-corrected chi connectivity index (χ4v) is 2.34. The second-order valence-electron chi connectivity index (χ2n) is 3.89. The summed E-state index contributed by atoms with van der Waals surface area (Å²) in [5.74, 6) is 0.171. The van der Waals surface area contributed by atoms with Gasteiger partial charge in [-0.25, -0.2) is 4.98 Å². The van der Waals surface area contributed by atoms with Crippen molar-refractivity contribution in [1.29, 1.82) is 0 Å². The Labute approximate surface area is 114 Å². The molecule has 0 amide bonds. The second-order valence-corrected chi connectivity index (χ2v) is 4.83. The molecule has 0 aliphatic heterocycles. The first-order valence-corrected chi connectivity index (χ1v) is 6.77. The Hall–Kier alpha value is -1.83. The van der Waals surface area contributed by atoms with Gasteiger partial charge in [0.1, 0.15) is 6.54 Å². The van der Waals surface area contributed by atoms with Crippen molar-refractivity contribution in [1.82, 2.24) is 19.7 Å². The number of carboxylic acids is 1. The van der Waals surface area contributed by atoms with E-state index in [0.717, 1.165) is 12.1 Å². The molecule has 7 nitrogen and oxygen atoms in total. The molecular weight excluding hydrogens is 268 g/mol. The number of thioether (sulfide) groups is 1. The SMILES string of the molecule is CCc1cnc(SCC(=O)O)n1Cc1nc(C)no1. The molecule has 0 spiro atoms. The summed E-state index contributed by atoms with van der Waals surface area (Å²) in [5.41, 5.74) is 1.00. The smallest absolute Gasteiger partial charge is 0.313 e. The average Bonchev–Trinajstić information content (AvgIpc) is 2.94. The lowest BCUT2D eigenvalue weighted by Crippen LogP contribution is -2.07. The predicted octanol–water partition coefficient (Wildman–Crippen LogP) is 1.36. The van der Waals surface area contributed by atoms with Crippen molar-refractivity contribution in [2.24, 2.45) is 0 Å². The molecule has 0 unspecified atom stereocenters.